The van der Waals surface area contributed by atoms with Gasteiger partial charge in [0.1, 0.15) is 11.4 Å². The van der Waals surface area contributed by atoms with Crippen LogP contribution in [0.25, 0.3) is 0 Å². The minimum Gasteiger partial charge on any atom is -0.483 e. The van der Waals surface area contributed by atoms with E-state index in [0.717, 1.165) is 22.3 Å². The molecule has 0 saturated heterocycles. The van der Waals surface area contributed by atoms with Crippen LogP contribution in [-0.2, 0) is 4.79 Å². The van der Waals surface area contributed by atoms with E-state index in [0.29, 0.717) is 5.75 Å². The molecule has 0 bridgehead atoms. The van der Waals surface area contributed by atoms with Crippen molar-refractivity contribution in [1.29, 1.82) is 0 Å². The first-order valence-corrected chi connectivity index (χ1v) is 7.53. The van der Waals surface area contributed by atoms with Crippen molar-refractivity contribution in [2.75, 3.05) is 11.9 Å². The minimum absolute atomic E-state index is 0.133. The van der Waals surface area contributed by atoms with Gasteiger partial charge in [0.2, 0.25) is 0 Å². The predicted molar refractivity (Wildman–Crippen MR) is 92.6 cm³/mol. The van der Waals surface area contributed by atoms with Crippen LogP contribution in [0.1, 0.15) is 22.3 Å². The van der Waals surface area contributed by atoms with Crippen molar-refractivity contribution in [3.8, 4) is 5.75 Å². The van der Waals surface area contributed by atoms with E-state index in [4.69, 9.17) is 4.74 Å². The number of nitrogens with zero attached hydrogens (tertiary/aromatic N) is 1. The molecule has 2 aromatic rings. The molecule has 0 heterocycles. The average Bonchev–Trinajstić information content (AvgIpc) is 2.51. The first-order valence-electron chi connectivity index (χ1n) is 7.53. The van der Waals surface area contributed by atoms with Gasteiger partial charge in [-0.05, 0) is 62.1 Å². The van der Waals surface area contributed by atoms with Gasteiger partial charge in [-0.15, -0.1) is 0 Å². The molecule has 0 fully saturated rings. The SMILES string of the molecule is Cc1cc(C)c(C)c(OCC(=O)Nc2ccc(C)cc2[N+](=O)[O-])c1. The van der Waals surface area contributed by atoms with Crippen molar-refractivity contribution in [3.05, 3.63) is 62.7 Å². The highest BCUT2D eigenvalue weighted by Gasteiger charge is 2.16. The molecule has 0 aromatic heterocycles. The number of carbonyl (C=O) groups excluding carboxylic acids is 1. The van der Waals surface area contributed by atoms with Gasteiger partial charge >= 0.3 is 0 Å². The van der Waals surface area contributed by atoms with E-state index in [2.05, 4.69) is 5.32 Å². The second-order valence-corrected chi connectivity index (χ2v) is 5.82. The molecule has 0 aliphatic heterocycles. The van der Waals surface area contributed by atoms with Crippen molar-refractivity contribution in [3.63, 3.8) is 0 Å². The van der Waals surface area contributed by atoms with E-state index in [-0.39, 0.29) is 18.0 Å². The highest BCUT2D eigenvalue weighted by atomic mass is 16.6. The van der Waals surface area contributed by atoms with E-state index in [9.17, 15) is 14.9 Å². The summed E-state index contributed by atoms with van der Waals surface area (Å²) in [4.78, 5) is 22.6. The maximum absolute atomic E-state index is 12.1. The summed E-state index contributed by atoms with van der Waals surface area (Å²) in [5, 5.41) is 13.6. The van der Waals surface area contributed by atoms with Crippen LogP contribution in [0.5, 0.6) is 5.75 Å². The predicted octanol–water partition coefficient (Wildman–Crippen LogP) is 3.85. The topological polar surface area (TPSA) is 81.5 Å². The number of nitrogens with one attached hydrogen (secondary N) is 1. The number of aryl methyl sites for hydroxylation is 3. The number of hydrogen-bond acceptors (Lipinski definition) is 4. The summed E-state index contributed by atoms with van der Waals surface area (Å²) in [6, 6.07) is 8.55. The maximum Gasteiger partial charge on any atom is 0.293 e. The number of amides is 1. The lowest BCUT2D eigenvalue weighted by atomic mass is 10.1. The Hall–Kier alpha value is -2.89. The molecular formula is C18H20N2O4. The van der Waals surface area contributed by atoms with Gasteiger partial charge in [-0.25, -0.2) is 0 Å². The number of carbonyl (C=O) groups is 1. The fourth-order valence-electron chi connectivity index (χ4n) is 2.38. The van der Waals surface area contributed by atoms with Crippen LogP contribution in [0.15, 0.2) is 30.3 Å². The monoisotopic (exact) mass is 328 g/mol. The first-order chi connectivity index (χ1) is 11.3. The lowest BCUT2D eigenvalue weighted by Gasteiger charge is -2.12. The standard InChI is InChI=1S/C18H20N2O4/c1-11-5-6-15(16(8-11)20(22)23)19-18(21)10-24-17-9-12(2)7-13(3)14(17)4/h5-9H,10H2,1-4H3,(H,19,21). The largest absolute Gasteiger partial charge is 0.483 e. The molecule has 1 N–H and O–H groups in total. The van der Waals surface area contributed by atoms with Gasteiger partial charge in [-0.3, -0.25) is 14.9 Å². The molecule has 126 valence electrons. The first kappa shape index (κ1) is 17.5. The zero-order valence-electron chi connectivity index (χ0n) is 14.2. The van der Waals surface area contributed by atoms with E-state index in [1.165, 1.54) is 12.1 Å². The quantitative estimate of drug-likeness (QED) is 0.668. The zero-order valence-corrected chi connectivity index (χ0v) is 14.2. The van der Waals surface area contributed by atoms with Gasteiger partial charge < -0.3 is 10.1 Å². The smallest absolute Gasteiger partial charge is 0.293 e. The Morgan fingerprint density at radius 1 is 1.12 bits per heavy atom. The Morgan fingerprint density at radius 3 is 2.50 bits per heavy atom. The van der Waals surface area contributed by atoms with Gasteiger partial charge in [-0.2, -0.15) is 0 Å². The minimum atomic E-state index is -0.516. The van der Waals surface area contributed by atoms with E-state index >= 15 is 0 Å². The van der Waals surface area contributed by atoms with Gasteiger partial charge in [0.25, 0.3) is 11.6 Å². The van der Waals surface area contributed by atoms with E-state index in [1.807, 2.05) is 32.9 Å². The van der Waals surface area contributed by atoms with Crippen LogP contribution in [0.3, 0.4) is 0 Å². The van der Waals surface area contributed by atoms with Gasteiger partial charge in [-0.1, -0.05) is 12.1 Å². The fraction of sp³-hybridized carbons (Fsp3) is 0.278. The number of anilines is 1. The van der Waals surface area contributed by atoms with Crippen LogP contribution >= 0.6 is 0 Å². The third kappa shape index (κ3) is 4.10. The summed E-state index contributed by atoms with van der Waals surface area (Å²) in [6.45, 7) is 7.39. The summed E-state index contributed by atoms with van der Waals surface area (Å²) in [5.74, 6) is 0.196. The van der Waals surface area contributed by atoms with Crippen molar-refractivity contribution in [2.24, 2.45) is 0 Å². The Kier molecular flexibility index (Phi) is 5.18. The van der Waals surface area contributed by atoms with Crippen molar-refractivity contribution >= 4 is 17.3 Å². The van der Waals surface area contributed by atoms with E-state index < -0.39 is 10.8 Å². The summed E-state index contributed by atoms with van der Waals surface area (Å²) in [5.41, 5.74) is 3.88. The van der Waals surface area contributed by atoms with Crippen LogP contribution in [0.2, 0.25) is 0 Å². The molecule has 24 heavy (non-hydrogen) atoms. The number of nitro benzene ring substituents is 1. The highest BCUT2D eigenvalue weighted by Crippen LogP contribution is 2.26. The normalized spacial score (nSPS) is 10.3. The summed E-state index contributed by atoms with van der Waals surface area (Å²) < 4.78 is 5.57. The summed E-state index contributed by atoms with van der Waals surface area (Å²) in [7, 11) is 0. The second kappa shape index (κ2) is 7.12. The molecule has 0 aliphatic rings. The number of ether oxygens (including phenoxy) is 1. The highest BCUT2D eigenvalue weighted by molar-refractivity contribution is 5.94. The second-order valence-electron chi connectivity index (χ2n) is 5.82. The molecule has 0 aliphatic carbocycles. The zero-order chi connectivity index (χ0) is 17.9. The van der Waals surface area contributed by atoms with Crippen molar-refractivity contribution in [1.82, 2.24) is 0 Å². The molecule has 0 saturated carbocycles. The molecule has 6 nitrogen and oxygen atoms in total. The molecule has 0 spiro atoms. The molecule has 2 aromatic carbocycles. The lowest BCUT2D eigenvalue weighted by molar-refractivity contribution is -0.384. The van der Waals surface area contributed by atoms with Gasteiger partial charge in [0, 0.05) is 6.07 Å². The number of benzene rings is 2. The lowest BCUT2D eigenvalue weighted by Crippen LogP contribution is -2.21. The molecular weight excluding hydrogens is 308 g/mol. The van der Waals surface area contributed by atoms with Crippen LogP contribution < -0.4 is 10.1 Å². The Labute approximate surface area is 140 Å². The van der Waals surface area contributed by atoms with Gasteiger partial charge in [0.05, 0.1) is 4.92 Å². The number of rotatable bonds is 5. The van der Waals surface area contributed by atoms with Crippen LogP contribution in [-0.4, -0.2) is 17.4 Å². The molecule has 1 amide bonds. The molecule has 0 atom stereocenters. The van der Waals surface area contributed by atoms with Crippen LogP contribution in [0.4, 0.5) is 11.4 Å². The Bertz CT molecular complexity index is 800. The van der Waals surface area contributed by atoms with Gasteiger partial charge in [0.15, 0.2) is 6.61 Å². The van der Waals surface area contributed by atoms with E-state index in [1.54, 1.807) is 13.0 Å². The molecule has 0 unspecified atom stereocenters. The third-order valence-corrected chi connectivity index (χ3v) is 3.75. The molecule has 6 heteroatoms. The van der Waals surface area contributed by atoms with Crippen LogP contribution in [0, 0.1) is 37.8 Å². The number of hydrogen-bond donors (Lipinski definition) is 1. The summed E-state index contributed by atoms with van der Waals surface area (Å²) in [6.07, 6.45) is 0. The Morgan fingerprint density at radius 2 is 1.83 bits per heavy atom. The molecule has 2 rings (SSSR count). The van der Waals surface area contributed by atoms with Crippen molar-refractivity contribution < 1.29 is 14.5 Å². The average molecular weight is 328 g/mol. The fourth-order valence-corrected chi connectivity index (χ4v) is 2.38. The molecule has 0 radical (unpaired) electrons. The summed E-state index contributed by atoms with van der Waals surface area (Å²) >= 11 is 0. The maximum atomic E-state index is 12.1. The Balaban J connectivity index is 2.09. The number of nitro groups is 1. The third-order valence-electron chi connectivity index (χ3n) is 3.75. The van der Waals surface area contributed by atoms with Crippen molar-refractivity contribution in [2.45, 2.75) is 27.7 Å².